The average molecular weight is 438 g/mol. The van der Waals surface area contributed by atoms with Crippen LogP contribution in [0, 0.1) is 11.8 Å². The van der Waals surface area contributed by atoms with E-state index in [4.69, 9.17) is 16.3 Å². The molecule has 0 bridgehead atoms. The number of nitrogens with zero attached hydrogens (tertiary/aromatic N) is 3. The first-order valence-corrected chi connectivity index (χ1v) is 11.4. The maximum absolute atomic E-state index is 13.4. The molecule has 0 N–H and O–H groups in total. The lowest BCUT2D eigenvalue weighted by atomic mass is 10.0. The topological polar surface area (TPSA) is 79.8 Å². The Morgan fingerprint density at radius 3 is 2.41 bits per heavy atom. The average Bonchev–Trinajstić information content (AvgIpc) is 3.19. The standard InChI is InChI=1S/C20H24ClN3O4S/c1-20(2,3)28-19(25)23-9-14-11-24(12-15(14)10-23)29(26,27)17-6-4-5-13-7-22-8-16(21)18(13)17/h4-8,14-15H,9-12H2,1-3H3/t14-,15+. The number of carbonyl (C=O) groups is 1. The number of benzene rings is 1. The quantitative estimate of drug-likeness (QED) is 0.719. The van der Waals surface area contributed by atoms with Gasteiger partial charge in [0.25, 0.3) is 0 Å². The summed E-state index contributed by atoms with van der Waals surface area (Å²) >= 11 is 6.27. The number of carbonyl (C=O) groups excluding carboxylic acids is 1. The zero-order valence-corrected chi connectivity index (χ0v) is 18.2. The normalized spacial score (nSPS) is 22.8. The van der Waals surface area contributed by atoms with Crippen molar-refractivity contribution in [1.29, 1.82) is 0 Å². The molecule has 9 heteroatoms. The van der Waals surface area contributed by atoms with Gasteiger partial charge >= 0.3 is 6.09 Å². The summed E-state index contributed by atoms with van der Waals surface area (Å²) in [6.07, 6.45) is 2.73. The molecular formula is C20H24ClN3O4S. The number of rotatable bonds is 2. The van der Waals surface area contributed by atoms with Crippen LogP contribution >= 0.6 is 11.6 Å². The molecule has 1 aromatic heterocycles. The second-order valence-electron chi connectivity index (χ2n) is 8.70. The van der Waals surface area contributed by atoms with E-state index >= 15 is 0 Å². The smallest absolute Gasteiger partial charge is 0.410 e. The van der Waals surface area contributed by atoms with Crippen molar-refractivity contribution < 1.29 is 17.9 Å². The summed E-state index contributed by atoms with van der Waals surface area (Å²) < 4.78 is 33.7. The van der Waals surface area contributed by atoms with Gasteiger partial charge in [-0.05, 0) is 38.7 Å². The van der Waals surface area contributed by atoms with Gasteiger partial charge in [-0.2, -0.15) is 4.31 Å². The number of likely N-dealkylation sites (tertiary alicyclic amines) is 1. The van der Waals surface area contributed by atoms with Crippen LogP contribution in [-0.4, -0.2) is 60.5 Å². The molecule has 2 saturated heterocycles. The minimum atomic E-state index is -3.71. The van der Waals surface area contributed by atoms with Crippen molar-refractivity contribution in [3.05, 3.63) is 35.6 Å². The number of pyridine rings is 1. The van der Waals surface area contributed by atoms with Gasteiger partial charge in [0.2, 0.25) is 10.0 Å². The lowest BCUT2D eigenvalue weighted by Gasteiger charge is -2.26. The van der Waals surface area contributed by atoms with Crippen LogP contribution in [0.5, 0.6) is 0 Å². The molecule has 0 unspecified atom stereocenters. The summed E-state index contributed by atoms with van der Waals surface area (Å²) in [6.45, 7) is 7.28. The Labute approximate surface area is 175 Å². The second-order valence-corrected chi connectivity index (χ2v) is 11.0. The maximum atomic E-state index is 13.4. The van der Waals surface area contributed by atoms with Gasteiger partial charge in [-0.3, -0.25) is 4.98 Å². The molecule has 7 nitrogen and oxygen atoms in total. The van der Waals surface area contributed by atoms with E-state index in [-0.39, 0.29) is 22.8 Å². The van der Waals surface area contributed by atoms with Gasteiger partial charge in [0.1, 0.15) is 5.60 Å². The first-order chi connectivity index (χ1) is 13.6. The number of halogens is 1. The minimum Gasteiger partial charge on any atom is -0.444 e. The van der Waals surface area contributed by atoms with E-state index in [1.54, 1.807) is 29.3 Å². The predicted octanol–water partition coefficient (Wildman–Crippen LogP) is 3.38. The van der Waals surface area contributed by atoms with E-state index in [0.717, 1.165) is 0 Å². The zero-order valence-electron chi connectivity index (χ0n) is 16.6. The van der Waals surface area contributed by atoms with Crippen LogP contribution in [0.4, 0.5) is 4.79 Å². The lowest BCUT2D eigenvalue weighted by molar-refractivity contribution is 0.0279. The number of hydrogen-bond donors (Lipinski definition) is 0. The zero-order chi connectivity index (χ0) is 21.0. The molecule has 2 aliphatic rings. The number of hydrogen-bond acceptors (Lipinski definition) is 5. The third kappa shape index (κ3) is 3.81. The van der Waals surface area contributed by atoms with E-state index in [1.165, 1.54) is 10.5 Å². The molecule has 2 atom stereocenters. The van der Waals surface area contributed by atoms with Gasteiger partial charge < -0.3 is 9.64 Å². The van der Waals surface area contributed by atoms with E-state index in [0.29, 0.717) is 42.0 Å². The minimum absolute atomic E-state index is 0.101. The highest BCUT2D eigenvalue weighted by atomic mass is 35.5. The molecule has 0 radical (unpaired) electrons. The first kappa shape index (κ1) is 20.4. The highest BCUT2D eigenvalue weighted by molar-refractivity contribution is 7.89. The van der Waals surface area contributed by atoms with Crippen molar-refractivity contribution in [1.82, 2.24) is 14.2 Å². The molecule has 1 amide bonds. The number of sulfonamides is 1. The molecule has 156 valence electrons. The number of fused-ring (bicyclic) bond motifs is 2. The van der Waals surface area contributed by atoms with Crippen LogP contribution in [0.3, 0.4) is 0 Å². The second kappa shape index (κ2) is 7.11. The van der Waals surface area contributed by atoms with Crippen molar-refractivity contribution in [2.45, 2.75) is 31.3 Å². The number of amides is 1. The van der Waals surface area contributed by atoms with Gasteiger partial charge in [-0.15, -0.1) is 0 Å². The monoisotopic (exact) mass is 437 g/mol. The third-order valence-electron chi connectivity index (χ3n) is 5.42. The Balaban J connectivity index is 1.54. The Morgan fingerprint density at radius 1 is 1.14 bits per heavy atom. The van der Waals surface area contributed by atoms with Crippen LogP contribution in [0.2, 0.25) is 5.02 Å². The van der Waals surface area contributed by atoms with Crippen molar-refractivity contribution in [3.8, 4) is 0 Å². The summed E-state index contributed by atoms with van der Waals surface area (Å²) in [6, 6.07) is 5.09. The fourth-order valence-corrected chi connectivity index (χ4v) is 6.25. The van der Waals surface area contributed by atoms with E-state index in [2.05, 4.69) is 4.98 Å². The molecule has 0 aliphatic carbocycles. The Bertz CT molecular complexity index is 1050. The Hall–Kier alpha value is -1.90. The SMILES string of the molecule is CC(C)(C)OC(=O)N1C[C@@H]2CN(S(=O)(=O)c3cccc4cncc(Cl)c34)C[C@@H]2C1. The van der Waals surface area contributed by atoms with Crippen LogP contribution in [0.15, 0.2) is 35.5 Å². The number of aromatic nitrogens is 1. The van der Waals surface area contributed by atoms with Crippen molar-refractivity contribution in [2.75, 3.05) is 26.2 Å². The molecule has 0 saturated carbocycles. The largest absolute Gasteiger partial charge is 0.444 e. The summed E-state index contributed by atoms with van der Waals surface area (Å²) in [7, 11) is -3.71. The molecule has 1 aromatic carbocycles. The summed E-state index contributed by atoms with van der Waals surface area (Å²) in [5.41, 5.74) is -0.549. The first-order valence-electron chi connectivity index (χ1n) is 9.56. The maximum Gasteiger partial charge on any atom is 0.410 e. The molecule has 4 rings (SSSR count). The molecule has 0 spiro atoms. The highest BCUT2D eigenvalue weighted by Crippen LogP contribution is 2.37. The Kier molecular flexibility index (Phi) is 4.99. The van der Waals surface area contributed by atoms with Crippen LogP contribution < -0.4 is 0 Å². The highest BCUT2D eigenvalue weighted by Gasteiger charge is 2.46. The summed E-state index contributed by atoms with van der Waals surface area (Å²) in [5.74, 6) is 0.203. The predicted molar refractivity (Wildman–Crippen MR) is 110 cm³/mol. The van der Waals surface area contributed by atoms with Crippen molar-refractivity contribution >= 4 is 38.5 Å². The fraction of sp³-hybridized carbons (Fsp3) is 0.500. The van der Waals surface area contributed by atoms with Gasteiger partial charge in [0.05, 0.1) is 9.92 Å². The molecule has 2 fully saturated rings. The molecule has 2 aliphatic heterocycles. The van der Waals surface area contributed by atoms with Gasteiger partial charge in [-0.1, -0.05) is 23.7 Å². The lowest BCUT2D eigenvalue weighted by Crippen LogP contribution is -2.38. The Morgan fingerprint density at radius 2 is 1.79 bits per heavy atom. The summed E-state index contributed by atoms with van der Waals surface area (Å²) in [5, 5.41) is 1.50. The number of ether oxygens (including phenoxy) is 1. The van der Waals surface area contributed by atoms with Gasteiger partial charge in [-0.25, -0.2) is 13.2 Å². The van der Waals surface area contributed by atoms with Crippen LogP contribution in [0.1, 0.15) is 20.8 Å². The fourth-order valence-electron chi connectivity index (χ4n) is 4.13. The van der Waals surface area contributed by atoms with E-state index in [1.807, 2.05) is 20.8 Å². The molecule has 2 aromatic rings. The van der Waals surface area contributed by atoms with E-state index in [9.17, 15) is 13.2 Å². The molecular weight excluding hydrogens is 414 g/mol. The third-order valence-corrected chi connectivity index (χ3v) is 7.58. The molecule has 29 heavy (non-hydrogen) atoms. The van der Waals surface area contributed by atoms with E-state index < -0.39 is 15.6 Å². The van der Waals surface area contributed by atoms with Crippen LogP contribution in [0.25, 0.3) is 10.8 Å². The van der Waals surface area contributed by atoms with Crippen molar-refractivity contribution in [3.63, 3.8) is 0 Å². The molecule has 3 heterocycles. The van der Waals surface area contributed by atoms with Gasteiger partial charge in [0, 0.05) is 49.3 Å². The summed E-state index contributed by atoms with van der Waals surface area (Å²) in [4.78, 5) is 18.3. The van der Waals surface area contributed by atoms with Crippen LogP contribution in [-0.2, 0) is 14.8 Å². The van der Waals surface area contributed by atoms with Gasteiger partial charge in [0.15, 0.2) is 0 Å². The van der Waals surface area contributed by atoms with Crippen molar-refractivity contribution in [2.24, 2.45) is 11.8 Å².